The Labute approximate surface area is 220 Å². The van der Waals surface area contributed by atoms with Crippen molar-refractivity contribution >= 4 is 11.8 Å². The van der Waals surface area contributed by atoms with Crippen LogP contribution in [0.4, 0.5) is 5.69 Å². The molecule has 0 fully saturated rings. The van der Waals surface area contributed by atoms with Crippen LogP contribution in [0.15, 0.2) is 148 Å². The maximum absolute atomic E-state index is 4.26. The second kappa shape index (κ2) is 9.26. The summed E-state index contributed by atoms with van der Waals surface area (Å²) in [5.74, 6) is 0.579. The van der Waals surface area contributed by atoms with Crippen LogP contribution in [0.3, 0.4) is 0 Å². The summed E-state index contributed by atoms with van der Waals surface area (Å²) in [6, 6.07) is 42.2. The molecular weight excluding hydrogens is 468 g/mol. The van der Waals surface area contributed by atoms with E-state index in [1.807, 2.05) is 18.2 Å². The van der Waals surface area contributed by atoms with Crippen LogP contribution in [0.1, 0.15) is 5.56 Å². The largest absolute Gasteiger partial charge is 0.274 e. The highest BCUT2D eigenvalue weighted by Crippen LogP contribution is 2.53. The number of nitrogens with zero attached hydrogens (tertiary/aromatic N) is 5. The summed E-state index contributed by atoms with van der Waals surface area (Å²) in [5, 5.41) is 17.6. The zero-order valence-corrected chi connectivity index (χ0v) is 20.4. The molecule has 0 saturated carbocycles. The molecular formula is C32H22N6. The summed E-state index contributed by atoms with van der Waals surface area (Å²) in [7, 11) is 0. The van der Waals surface area contributed by atoms with Crippen molar-refractivity contribution in [3.05, 3.63) is 133 Å². The first-order valence-electron chi connectivity index (χ1n) is 12.4. The van der Waals surface area contributed by atoms with Crippen LogP contribution in [-0.2, 0) is 0 Å². The van der Waals surface area contributed by atoms with Crippen molar-refractivity contribution in [3.8, 4) is 44.5 Å². The van der Waals surface area contributed by atoms with E-state index in [-0.39, 0.29) is 0 Å². The molecule has 0 saturated heterocycles. The van der Waals surface area contributed by atoms with Crippen LogP contribution in [0.5, 0.6) is 0 Å². The predicted molar refractivity (Wildman–Crippen MR) is 151 cm³/mol. The molecule has 7 rings (SSSR count). The Hall–Kier alpha value is -5.36. The van der Waals surface area contributed by atoms with Crippen LogP contribution >= 0.6 is 0 Å². The first-order chi connectivity index (χ1) is 18.9. The van der Waals surface area contributed by atoms with Crippen LogP contribution in [0, 0.1) is 0 Å². The molecule has 0 unspecified atom stereocenters. The third-order valence-corrected chi connectivity index (χ3v) is 6.81. The Morgan fingerprint density at radius 3 is 1.45 bits per heavy atom. The molecule has 2 aliphatic heterocycles. The van der Waals surface area contributed by atoms with Gasteiger partial charge in [-0.25, -0.2) is 0 Å². The van der Waals surface area contributed by atoms with Gasteiger partial charge in [-0.05, 0) is 55.1 Å². The van der Waals surface area contributed by atoms with E-state index in [1.54, 1.807) is 5.12 Å². The van der Waals surface area contributed by atoms with Gasteiger partial charge in [0.25, 0.3) is 0 Å². The lowest BCUT2D eigenvalue weighted by atomic mass is 9.78. The van der Waals surface area contributed by atoms with Crippen LogP contribution in [0.2, 0.25) is 0 Å². The molecule has 0 atom stereocenters. The van der Waals surface area contributed by atoms with Crippen molar-refractivity contribution in [2.24, 2.45) is 20.8 Å². The highest BCUT2D eigenvalue weighted by Gasteiger charge is 2.31. The van der Waals surface area contributed by atoms with Crippen LogP contribution in [0.25, 0.3) is 50.6 Å². The Kier molecular flexibility index (Phi) is 5.33. The van der Waals surface area contributed by atoms with Gasteiger partial charge >= 0.3 is 0 Å². The van der Waals surface area contributed by atoms with Gasteiger partial charge in [0.05, 0.1) is 5.69 Å². The molecule has 0 amide bonds. The van der Waals surface area contributed by atoms with Crippen LogP contribution in [-0.4, -0.2) is 5.12 Å². The lowest BCUT2D eigenvalue weighted by molar-refractivity contribution is 0.369. The smallest absolute Gasteiger partial charge is 0.198 e. The minimum absolute atomic E-state index is 0.579. The second-order valence-corrected chi connectivity index (χ2v) is 9.05. The summed E-state index contributed by atoms with van der Waals surface area (Å²) < 4.78 is 0. The maximum Gasteiger partial charge on any atom is 0.198 e. The Morgan fingerprint density at radius 1 is 0.474 bits per heavy atom. The minimum Gasteiger partial charge on any atom is -0.274 e. The standard InChI is InChI=1S/C32H22N6/c1-5-13-22(14-6-1)28-26-21-27-33-35-36-37-38(27)34-32(26)31(25-19-11-4-12-20-25)30(24-17-9-3-10-18-24)29(28)23-15-7-2-8-16-23/h1-21,34H. The van der Waals surface area contributed by atoms with E-state index in [1.165, 1.54) is 0 Å². The number of hydrogen-bond donors (Lipinski definition) is 1. The fourth-order valence-electron chi connectivity index (χ4n) is 5.23. The summed E-state index contributed by atoms with van der Waals surface area (Å²) in [4.78, 5) is 0. The molecule has 2 heterocycles. The molecule has 2 aliphatic rings. The third-order valence-electron chi connectivity index (χ3n) is 6.81. The highest BCUT2D eigenvalue weighted by atomic mass is 15.8. The van der Waals surface area contributed by atoms with Crippen molar-refractivity contribution in [1.82, 2.24) is 5.12 Å². The molecule has 38 heavy (non-hydrogen) atoms. The lowest BCUT2D eigenvalue weighted by Crippen LogP contribution is -2.27. The van der Waals surface area contributed by atoms with Crippen LogP contribution < -0.4 is 5.43 Å². The number of hydrazine groups is 1. The molecule has 0 spiro atoms. The van der Waals surface area contributed by atoms with Gasteiger partial charge in [0, 0.05) is 16.7 Å². The number of hydrogen-bond acceptors (Lipinski definition) is 6. The average Bonchev–Trinajstić information content (AvgIpc) is 3.00. The number of benzene rings is 5. The molecule has 5 aromatic rings. The van der Waals surface area contributed by atoms with Gasteiger partial charge in [-0.2, -0.15) is 0 Å². The fourth-order valence-corrected chi connectivity index (χ4v) is 5.23. The molecule has 0 aliphatic carbocycles. The van der Waals surface area contributed by atoms with E-state index >= 15 is 0 Å². The summed E-state index contributed by atoms with van der Waals surface area (Å²) in [6.07, 6.45) is 2.05. The van der Waals surface area contributed by atoms with E-state index in [9.17, 15) is 0 Å². The summed E-state index contributed by atoms with van der Waals surface area (Å²) in [6.45, 7) is 0. The maximum atomic E-state index is 4.26. The molecule has 180 valence electrons. The SMILES string of the molecule is C1=C2N=NN=NN2Nc2c1c(-c1ccccc1)c(-c1ccccc1)c(-c1ccccc1)c2-c1ccccc1. The molecule has 0 aromatic heterocycles. The molecule has 0 bridgehead atoms. The topological polar surface area (TPSA) is 64.7 Å². The van der Waals surface area contributed by atoms with E-state index in [2.05, 4.69) is 135 Å². The number of anilines is 1. The lowest BCUT2D eigenvalue weighted by Gasteiger charge is -2.32. The van der Waals surface area contributed by atoms with Crippen molar-refractivity contribution in [1.29, 1.82) is 0 Å². The van der Waals surface area contributed by atoms with Crippen molar-refractivity contribution in [2.45, 2.75) is 0 Å². The van der Waals surface area contributed by atoms with Gasteiger partial charge < -0.3 is 0 Å². The molecule has 6 heteroatoms. The molecule has 6 nitrogen and oxygen atoms in total. The predicted octanol–water partition coefficient (Wildman–Crippen LogP) is 9.04. The second-order valence-electron chi connectivity index (χ2n) is 9.05. The Bertz CT molecular complexity index is 1710. The number of rotatable bonds is 4. The van der Waals surface area contributed by atoms with Gasteiger partial charge in [0.2, 0.25) is 0 Å². The van der Waals surface area contributed by atoms with Gasteiger partial charge in [0.15, 0.2) is 5.82 Å². The van der Waals surface area contributed by atoms with E-state index in [4.69, 9.17) is 0 Å². The summed E-state index contributed by atoms with van der Waals surface area (Å²) >= 11 is 0. The normalized spacial score (nSPS) is 13.4. The minimum atomic E-state index is 0.579. The summed E-state index contributed by atoms with van der Waals surface area (Å²) in [5.41, 5.74) is 14.4. The first-order valence-corrected chi connectivity index (χ1v) is 12.4. The van der Waals surface area contributed by atoms with Crippen molar-refractivity contribution in [3.63, 3.8) is 0 Å². The molecule has 1 N–H and O–H groups in total. The Morgan fingerprint density at radius 2 is 0.921 bits per heavy atom. The van der Waals surface area contributed by atoms with Crippen molar-refractivity contribution < 1.29 is 0 Å². The third kappa shape index (κ3) is 3.67. The monoisotopic (exact) mass is 490 g/mol. The zero-order valence-electron chi connectivity index (χ0n) is 20.4. The highest BCUT2D eigenvalue weighted by molar-refractivity contribution is 6.10. The quantitative estimate of drug-likeness (QED) is 0.273. The van der Waals surface area contributed by atoms with Gasteiger partial charge in [-0.1, -0.05) is 121 Å². The fraction of sp³-hybridized carbons (Fsp3) is 0. The van der Waals surface area contributed by atoms with Gasteiger partial charge in [-0.15, -0.1) is 10.2 Å². The number of nitrogens with one attached hydrogen (secondary N) is 1. The zero-order chi connectivity index (χ0) is 25.3. The number of fused-ring (bicyclic) bond motifs is 2. The first kappa shape index (κ1) is 21.9. The molecule has 0 radical (unpaired) electrons. The van der Waals surface area contributed by atoms with E-state index in [0.717, 1.165) is 55.8 Å². The van der Waals surface area contributed by atoms with E-state index in [0.29, 0.717) is 5.82 Å². The van der Waals surface area contributed by atoms with Gasteiger partial charge in [-0.3, -0.25) is 5.43 Å². The Balaban J connectivity index is 1.71. The molecule has 5 aromatic carbocycles. The van der Waals surface area contributed by atoms with Crippen molar-refractivity contribution in [2.75, 3.05) is 5.43 Å². The average molecular weight is 491 g/mol. The van der Waals surface area contributed by atoms with Gasteiger partial charge in [0.1, 0.15) is 0 Å². The van der Waals surface area contributed by atoms with E-state index < -0.39 is 0 Å².